The molecule has 2 nitrogen and oxygen atoms in total. The zero-order valence-electron chi connectivity index (χ0n) is 14.5. The van der Waals surface area contributed by atoms with Gasteiger partial charge >= 0.3 is 0 Å². The Hall–Kier alpha value is -0.860. The van der Waals surface area contributed by atoms with Gasteiger partial charge in [-0.25, -0.2) is 0 Å². The van der Waals surface area contributed by atoms with E-state index in [1.54, 1.807) is 0 Å². The van der Waals surface area contributed by atoms with Crippen LogP contribution in [-0.2, 0) is 4.74 Å². The Bertz CT molecular complexity index is 460. The van der Waals surface area contributed by atoms with Crippen molar-refractivity contribution >= 4 is 0 Å². The summed E-state index contributed by atoms with van der Waals surface area (Å²) in [6, 6.07) is 0. The number of hydrogen-bond donors (Lipinski definition) is 1. The van der Waals surface area contributed by atoms with Gasteiger partial charge in [-0.15, -0.1) is 0 Å². The van der Waals surface area contributed by atoms with Gasteiger partial charge < -0.3 is 9.84 Å². The summed E-state index contributed by atoms with van der Waals surface area (Å²) in [5.74, 6) is 0.502. The van der Waals surface area contributed by atoms with Gasteiger partial charge in [0.2, 0.25) is 0 Å². The lowest BCUT2D eigenvalue weighted by atomic mass is 9.85. The summed E-state index contributed by atoms with van der Waals surface area (Å²) in [5.41, 5.74) is 3.91. The van der Waals surface area contributed by atoms with Gasteiger partial charge in [-0.05, 0) is 71.6 Å². The van der Waals surface area contributed by atoms with Gasteiger partial charge in [-0.3, -0.25) is 0 Å². The fraction of sp³-hybridized carbons (Fsp3) is 0.700. The number of aliphatic hydroxyl groups is 1. The summed E-state index contributed by atoms with van der Waals surface area (Å²) >= 11 is 0. The molecule has 1 saturated heterocycles. The molecule has 0 spiro atoms. The van der Waals surface area contributed by atoms with Crippen LogP contribution in [0.2, 0.25) is 0 Å². The Morgan fingerprint density at radius 2 is 1.95 bits per heavy atom. The summed E-state index contributed by atoms with van der Waals surface area (Å²) in [7, 11) is 0. The molecule has 0 saturated carbocycles. The molecular formula is C20H32O2. The van der Waals surface area contributed by atoms with E-state index in [0.29, 0.717) is 5.92 Å². The highest BCUT2D eigenvalue weighted by Crippen LogP contribution is 2.45. The van der Waals surface area contributed by atoms with Crippen LogP contribution in [0.3, 0.4) is 0 Å². The summed E-state index contributed by atoms with van der Waals surface area (Å²) in [6.45, 7) is 10.9. The standard InChI is InChI=1S/C20H32O2/c1-15(2)18-11-10-17(4)8-5-7-16(3)9-6-12-20(14-21)19(13-18)22-20/h8-9,18-19,21H,1,5-7,10-14H2,2-4H3/b16-9+,17-8+/t18-,19+,20-/m1/s1. The SMILES string of the molecule is C=C(C)[C@@H]1CC/C(C)=C/CC/C(C)=C/CC[C@]2(CO)O[C@H]2C1. The van der Waals surface area contributed by atoms with Crippen LogP contribution in [0, 0.1) is 5.92 Å². The molecule has 1 N–H and O–H groups in total. The van der Waals surface area contributed by atoms with Gasteiger partial charge in [0.05, 0.1) is 12.7 Å². The number of hydrogen-bond acceptors (Lipinski definition) is 2. The maximum absolute atomic E-state index is 9.75. The molecule has 3 atom stereocenters. The molecule has 0 aromatic carbocycles. The molecule has 0 radical (unpaired) electrons. The Labute approximate surface area is 136 Å². The average Bonchev–Trinajstić information content (AvgIpc) is 3.16. The first-order chi connectivity index (χ1) is 10.5. The minimum Gasteiger partial charge on any atom is -0.393 e. The van der Waals surface area contributed by atoms with E-state index < -0.39 is 0 Å². The van der Waals surface area contributed by atoms with Crippen LogP contribution in [0.4, 0.5) is 0 Å². The van der Waals surface area contributed by atoms with Crippen molar-refractivity contribution in [3.05, 3.63) is 35.5 Å². The first-order valence-electron chi connectivity index (χ1n) is 8.72. The van der Waals surface area contributed by atoms with Crippen LogP contribution in [0.25, 0.3) is 0 Å². The second-order valence-electron chi connectivity index (χ2n) is 7.33. The van der Waals surface area contributed by atoms with E-state index in [4.69, 9.17) is 4.74 Å². The van der Waals surface area contributed by atoms with Crippen LogP contribution in [-0.4, -0.2) is 23.4 Å². The van der Waals surface area contributed by atoms with Crippen molar-refractivity contribution < 1.29 is 9.84 Å². The van der Waals surface area contributed by atoms with E-state index in [1.807, 2.05) is 0 Å². The quantitative estimate of drug-likeness (QED) is 0.578. The minimum absolute atomic E-state index is 0.145. The number of rotatable bonds is 2. The van der Waals surface area contributed by atoms with E-state index in [-0.39, 0.29) is 18.3 Å². The molecule has 0 aromatic heterocycles. The van der Waals surface area contributed by atoms with Crippen molar-refractivity contribution in [3.8, 4) is 0 Å². The molecule has 0 bridgehead atoms. The summed E-state index contributed by atoms with van der Waals surface area (Å²) < 4.78 is 5.94. The number of aliphatic hydroxyl groups excluding tert-OH is 1. The fourth-order valence-corrected chi connectivity index (χ4v) is 3.49. The molecule has 0 aromatic rings. The highest BCUT2D eigenvalue weighted by Gasteiger charge is 2.55. The molecule has 2 heteroatoms. The predicted octanol–water partition coefficient (Wildman–Crippen LogP) is 4.95. The predicted molar refractivity (Wildman–Crippen MR) is 92.8 cm³/mol. The van der Waals surface area contributed by atoms with Crippen LogP contribution in [0.5, 0.6) is 0 Å². The average molecular weight is 304 g/mol. The zero-order valence-corrected chi connectivity index (χ0v) is 14.5. The second kappa shape index (κ2) is 7.61. The van der Waals surface area contributed by atoms with Crippen molar-refractivity contribution in [2.75, 3.05) is 6.61 Å². The third kappa shape index (κ3) is 4.57. The van der Waals surface area contributed by atoms with Crippen molar-refractivity contribution in [2.45, 2.75) is 77.4 Å². The van der Waals surface area contributed by atoms with E-state index in [1.165, 1.54) is 16.7 Å². The summed E-state index contributed by atoms with van der Waals surface area (Å²) in [6.07, 6.45) is 12.4. The Balaban J connectivity index is 2.08. The van der Waals surface area contributed by atoms with Crippen LogP contribution < -0.4 is 0 Å². The van der Waals surface area contributed by atoms with Crippen LogP contribution in [0.1, 0.15) is 65.7 Å². The van der Waals surface area contributed by atoms with Gasteiger partial charge in [-0.2, -0.15) is 0 Å². The fourth-order valence-electron chi connectivity index (χ4n) is 3.49. The number of epoxide rings is 1. The van der Waals surface area contributed by atoms with E-state index >= 15 is 0 Å². The maximum atomic E-state index is 9.75. The number of fused-ring (bicyclic) bond motifs is 1. The molecular weight excluding hydrogens is 272 g/mol. The van der Waals surface area contributed by atoms with Crippen LogP contribution >= 0.6 is 0 Å². The smallest absolute Gasteiger partial charge is 0.118 e. The maximum Gasteiger partial charge on any atom is 0.118 e. The molecule has 2 rings (SSSR count). The van der Waals surface area contributed by atoms with Gasteiger partial charge in [0.15, 0.2) is 0 Å². The molecule has 124 valence electrons. The molecule has 1 heterocycles. The summed E-state index contributed by atoms with van der Waals surface area (Å²) in [5, 5.41) is 9.75. The van der Waals surface area contributed by atoms with Crippen molar-refractivity contribution in [2.24, 2.45) is 5.92 Å². The van der Waals surface area contributed by atoms with E-state index in [9.17, 15) is 5.11 Å². The van der Waals surface area contributed by atoms with Gasteiger partial charge in [0, 0.05) is 0 Å². The molecule has 22 heavy (non-hydrogen) atoms. The molecule has 0 unspecified atom stereocenters. The molecule has 1 aliphatic heterocycles. The van der Waals surface area contributed by atoms with Gasteiger partial charge in [0.25, 0.3) is 0 Å². The third-order valence-corrected chi connectivity index (χ3v) is 5.35. The molecule has 1 aliphatic carbocycles. The lowest BCUT2D eigenvalue weighted by Gasteiger charge is -2.18. The first-order valence-corrected chi connectivity index (χ1v) is 8.72. The lowest BCUT2D eigenvalue weighted by Crippen LogP contribution is -2.22. The Morgan fingerprint density at radius 3 is 2.64 bits per heavy atom. The monoisotopic (exact) mass is 304 g/mol. The topological polar surface area (TPSA) is 32.8 Å². The lowest BCUT2D eigenvalue weighted by molar-refractivity contribution is 0.164. The van der Waals surface area contributed by atoms with Crippen molar-refractivity contribution in [1.82, 2.24) is 0 Å². The largest absolute Gasteiger partial charge is 0.393 e. The number of ether oxygens (including phenoxy) is 1. The highest BCUT2D eigenvalue weighted by atomic mass is 16.6. The molecule has 0 amide bonds. The third-order valence-electron chi connectivity index (χ3n) is 5.35. The van der Waals surface area contributed by atoms with E-state index in [0.717, 1.165) is 44.9 Å². The van der Waals surface area contributed by atoms with Crippen LogP contribution in [0.15, 0.2) is 35.5 Å². The Kier molecular flexibility index (Phi) is 6.05. The van der Waals surface area contributed by atoms with E-state index in [2.05, 4.69) is 39.5 Å². The minimum atomic E-state index is -0.278. The number of allylic oxidation sites excluding steroid dienone is 5. The normalized spacial score (nSPS) is 38.7. The van der Waals surface area contributed by atoms with Gasteiger partial charge in [-0.1, -0.05) is 35.5 Å². The van der Waals surface area contributed by atoms with Gasteiger partial charge in [0.1, 0.15) is 5.60 Å². The molecule has 2 aliphatic rings. The molecule has 1 fully saturated rings. The summed E-state index contributed by atoms with van der Waals surface area (Å²) in [4.78, 5) is 0. The highest BCUT2D eigenvalue weighted by molar-refractivity contribution is 5.11. The first kappa shape index (κ1) is 17.5. The van der Waals surface area contributed by atoms with Crippen molar-refractivity contribution in [3.63, 3.8) is 0 Å². The second-order valence-corrected chi connectivity index (χ2v) is 7.33. The van der Waals surface area contributed by atoms with Crippen molar-refractivity contribution in [1.29, 1.82) is 0 Å². The Morgan fingerprint density at radius 1 is 1.27 bits per heavy atom. The zero-order chi connectivity index (χ0) is 16.2.